The summed E-state index contributed by atoms with van der Waals surface area (Å²) in [5.41, 5.74) is 0.984. The van der Waals surface area contributed by atoms with Gasteiger partial charge >= 0.3 is 11.9 Å². The molecule has 1 aliphatic heterocycles. The number of carbonyl (C=O) groups is 3. The number of carboxylic acids is 1. The molecule has 130 valence electrons. The Bertz CT molecular complexity index is 641. The first-order valence-electron chi connectivity index (χ1n) is 7.57. The fourth-order valence-corrected chi connectivity index (χ4v) is 2.95. The molecule has 1 heterocycles. The van der Waals surface area contributed by atoms with Gasteiger partial charge in [0.25, 0.3) is 0 Å². The molecule has 8 heteroatoms. The number of carboxylic acid groups (broad SMARTS) is 1. The number of piperazine rings is 1. The van der Waals surface area contributed by atoms with Gasteiger partial charge in [-0.05, 0) is 30.7 Å². The van der Waals surface area contributed by atoms with Crippen molar-refractivity contribution in [1.29, 1.82) is 0 Å². The molecular formula is C16H19BrN2O5. The van der Waals surface area contributed by atoms with Crippen LogP contribution in [0.15, 0.2) is 22.7 Å². The van der Waals surface area contributed by atoms with Crippen LogP contribution >= 0.6 is 15.9 Å². The Balaban J connectivity index is 1.76. The molecule has 0 aromatic heterocycles. The quantitative estimate of drug-likeness (QED) is 0.771. The second-order valence-corrected chi connectivity index (χ2v) is 6.40. The Morgan fingerprint density at radius 2 is 1.79 bits per heavy atom. The van der Waals surface area contributed by atoms with Crippen LogP contribution in [-0.2, 0) is 14.4 Å². The summed E-state index contributed by atoms with van der Waals surface area (Å²) in [4.78, 5) is 37.0. The van der Waals surface area contributed by atoms with Crippen molar-refractivity contribution >= 4 is 33.7 Å². The van der Waals surface area contributed by atoms with Gasteiger partial charge in [-0.3, -0.25) is 9.59 Å². The number of aliphatic carboxylic acids is 1. The van der Waals surface area contributed by atoms with Crippen LogP contribution in [0, 0.1) is 6.92 Å². The van der Waals surface area contributed by atoms with E-state index in [0.29, 0.717) is 13.1 Å². The lowest BCUT2D eigenvalue weighted by Crippen LogP contribution is -2.52. The molecule has 2 amide bonds. The summed E-state index contributed by atoms with van der Waals surface area (Å²) >= 11 is 3.38. The Morgan fingerprint density at radius 3 is 2.38 bits per heavy atom. The molecule has 0 spiro atoms. The number of carbonyl (C=O) groups excluding carboxylic acids is 2. The molecule has 7 nitrogen and oxygen atoms in total. The predicted octanol–water partition coefficient (Wildman–Crippen LogP) is 1.28. The Labute approximate surface area is 148 Å². The maximum atomic E-state index is 12.2. The Kier molecular flexibility index (Phi) is 6.19. The monoisotopic (exact) mass is 398 g/mol. The summed E-state index contributed by atoms with van der Waals surface area (Å²) in [5.74, 6) is -1.71. The highest BCUT2D eigenvalue weighted by Gasteiger charge is 2.27. The van der Waals surface area contributed by atoms with Crippen molar-refractivity contribution in [1.82, 2.24) is 9.80 Å². The summed E-state index contributed by atoms with van der Waals surface area (Å²) in [6.45, 7) is 3.37. The third kappa shape index (κ3) is 4.70. The van der Waals surface area contributed by atoms with Crippen molar-refractivity contribution in [3.05, 3.63) is 28.2 Å². The normalized spacial score (nSPS) is 14.4. The van der Waals surface area contributed by atoms with Crippen LogP contribution < -0.4 is 4.74 Å². The lowest BCUT2D eigenvalue weighted by molar-refractivity contribution is -0.157. The van der Waals surface area contributed by atoms with Crippen molar-refractivity contribution < 1.29 is 24.2 Å². The molecule has 1 aliphatic rings. The van der Waals surface area contributed by atoms with Crippen LogP contribution in [0.4, 0.5) is 0 Å². The SMILES string of the molecule is Cc1cc(Br)ccc1OCCC(=O)N1CCN(C(=O)C(=O)O)CC1. The number of rotatable bonds is 4. The fraction of sp³-hybridized carbons (Fsp3) is 0.438. The van der Waals surface area contributed by atoms with Crippen molar-refractivity contribution in [2.45, 2.75) is 13.3 Å². The second-order valence-electron chi connectivity index (χ2n) is 5.49. The molecular weight excluding hydrogens is 380 g/mol. The van der Waals surface area contributed by atoms with E-state index in [-0.39, 0.29) is 32.0 Å². The van der Waals surface area contributed by atoms with Gasteiger partial charge in [0.05, 0.1) is 13.0 Å². The summed E-state index contributed by atoms with van der Waals surface area (Å²) < 4.78 is 6.60. The molecule has 1 aromatic rings. The minimum Gasteiger partial charge on any atom is -0.493 e. The molecule has 0 radical (unpaired) electrons. The van der Waals surface area contributed by atoms with Gasteiger partial charge in [-0.15, -0.1) is 0 Å². The maximum Gasteiger partial charge on any atom is 0.394 e. The number of nitrogens with zero attached hydrogens (tertiary/aromatic N) is 2. The number of amides is 2. The first kappa shape index (κ1) is 18.3. The fourth-order valence-electron chi connectivity index (χ4n) is 2.48. The number of benzene rings is 1. The van der Waals surface area contributed by atoms with E-state index in [1.807, 2.05) is 25.1 Å². The average Bonchev–Trinajstić information content (AvgIpc) is 2.56. The van der Waals surface area contributed by atoms with Crippen molar-refractivity contribution in [3.63, 3.8) is 0 Å². The van der Waals surface area contributed by atoms with E-state index in [0.717, 1.165) is 15.8 Å². The van der Waals surface area contributed by atoms with Gasteiger partial charge in [-0.1, -0.05) is 15.9 Å². The Morgan fingerprint density at radius 1 is 1.17 bits per heavy atom. The van der Waals surface area contributed by atoms with Gasteiger partial charge in [-0.25, -0.2) is 4.79 Å². The van der Waals surface area contributed by atoms with Gasteiger partial charge < -0.3 is 19.6 Å². The molecule has 0 aliphatic carbocycles. The van der Waals surface area contributed by atoms with Crippen molar-refractivity contribution in [2.75, 3.05) is 32.8 Å². The number of ether oxygens (including phenoxy) is 1. The number of hydrogen-bond donors (Lipinski definition) is 1. The summed E-state index contributed by atoms with van der Waals surface area (Å²) in [5, 5.41) is 8.68. The van der Waals surface area contributed by atoms with Crippen LogP contribution in [0.1, 0.15) is 12.0 Å². The molecule has 1 N–H and O–H groups in total. The van der Waals surface area contributed by atoms with Crippen LogP contribution in [-0.4, -0.2) is 65.5 Å². The average molecular weight is 399 g/mol. The van der Waals surface area contributed by atoms with Gasteiger partial charge in [-0.2, -0.15) is 0 Å². The zero-order valence-corrected chi connectivity index (χ0v) is 14.9. The van der Waals surface area contributed by atoms with Gasteiger partial charge in [0, 0.05) is 30.7 Å². The first-order chi connectivity index (χ1) is 11.4. The molecule has 0 saturated carbocycles. The lowest BCUT2D eigenvalue weighted by atomic mass is 10.2. The lowest BCUT2D eigenvalue weighted by Gasteiger charge is -2.33. The number of hydrogen-bond acceptors (Lipinski definition) is 4. The third-order valence-electron chi connectivity index (χ3n) is 3.81. The minimum atomic E-state index is -1.46. The maximum absolute atomic E-state index is 12.2. The van der Waals surface area contributed by atoms with Gasteiger partial charge in [0.2, 0.25) is 5.91 Å². The number of aryl methyl sites for hydroxylation is 1. The zero-order valence-electron chi connectivity index (χ0n) is 13.3. The zero-order chi connectivity index (χ0) is 17.7. The first-order valence-corrected chi connectivity index (χ1v) is 8.36. The standard InChI is InChI=1S/C16H19BrN2O5/c1-11-10-12(17)2-3-13(11)24-9-4-14(20)18-5-7-19(8-6-18)15(21)16(22)23/h2-3,10H,4-9H2,1H3,(H,22,23). The molecule has 0 unspecified atom stereocenters. The van der Waals surface area contributed by atoms with Crippen molar-refractivity contribution in [2.24, 2.45) is 0 Å². The van der Waals surface area contributed by atoms with Crippen LogP contribution in [0.25, 0.3) is 0 Å². The molecule has 24 heavy (non-hydrogen) atoms. The highest BCUT2D eigenvalue weighted by molar-refractivity contribution is 9.10. The molecule has 1 saturated heterocycles. The molecule has 1 fully saturated rings. The van der Waals surface area contributed by atoms with Crippen LogP contribution in [0.3, 0.4) is 0 Å². The topological polar surface area (TPSA) is 87.2 Å². The summed E-state index contributed by atoms with van der Waals surface area (Å²) in [7, 11) is 0. The minimum absolute atomic E-state index is 0.0628. The van der Waals surface area contributed by atoms with Crippen LogP contribution in [0.2, 0.25) is 0 Å². The summed E-state index contributed by atoms with van der Waals surface area (Å²) in [6.07, 6.45) is 0.238. The molecule has 1 aromatic carbocycles. The van der Waals surface area contributed by atoms with E-state index in [4.69, 9.17) is 9.84 Å². The molecule has 0 atom stereocenters. The molecule has 2 rings (SSSR count). The van der Waals surface area contributed by atoms with E-state index >= 15 is 0 Å². The second kappa shape index (κ2) is 8.14. The highest BCUT2D eigenvalue weighted by Crippen LogP contribution is 2.22. The highest BCUT2D eigenvalue weighted by atomic mass is 79.9. The van der Waals surface area contributed by atoms with Gasteiger partial charge in [0.1, 0.15) is 5.75 Å². The van der Waals surface area contributed by atoms with Crippen LogP contribution in [0.5, 0.6) is 5.75 Å². The van der Waals surface area contributed by atoms with E-state index < -0.39 is 11.9 Å². The smallest absolute Gasteiger partial charge is 0.394 e. The number of halogens is 1. The van der Waals surface area contributed by atoms with E-state index in [1.165, 1.54) is 4.90 Å². The van der Waals surface area contributed by atoms with E-state index in [9.17, 15) is 14.4 Å². The predicted molar refractivity (Wildman–Crippen MR) is 89.8 cm³/mol. The largest absolute Gasteiger partial charge is 0.493 e. The Hall–Kier alpha value is -2.09. The van der Waals surface area contributed by atoms with E-state index in [2.05, 4.69) is 15.9 Å². The van der Waals surface area contributed by atoms with E-state index in [1.54, 1.807) is 4.90 Å². The van der Waals surface area contributed by atoms with Gasteiger partial charge in [0.15, 0.2) is 0 Å². The summed E-state index contributed by atoms with van der Waals surface area (Å²) in [6, 6.07) is 5.67. The third-order valence-corrected chi connectivity index (χ3v) is 4.31. The molecule has 0 bridgehead atoms. The van der Waals surface area contributed by atoms with Crippen molar-refractivity contribution in [3.8, 4) is 5.75 Å².